The highest BCUT2D eigenvalue weighted by Crippen LogP contribution is 2.35. The monoisotopic (exact) mass is 593 g/mol. The summed E-state index contributed by atoms with van der Waals surface area (Å²) in [5.74, 6) is 0.122. The van der Waals surface area contributed by atoms with Crippen molar-refractivity contribution in [1.82, 2.24) is 19.8 Å². The summed E-state index contributed by atoms with van der Waals surface area (Å²) >= 11 is 5.36. The Bertz CT molecular complexity index is 973. The van der Waals surface area contributed by atoms with Crippen molar-refractivity contribution in [1.29, 1.82) is 0 Å². The van der Waals surface area contributed by atoms with Crippen LogP contribution in [0, 0.1) is 9.39 Å². The van der Waals surface area contributed by atoms with Crippen LogP contribution in [0.25, 0.3) is 10.9 Å². The van der Waals surface area contributed by atoms with Gasteiger partial charge in [-0.05, 0) is 71.0 Å². The van der Waals surface area contributed by atoms with Crippen LogP contribution in [-0.2, 0) is 0 Å². The number of piperazine rings is 1. The molecule has 1 amide bonds. The number of rotatable bonds is 4. The van der Waals surface area contributed by atoms with E-state index in [0.29, 0.717) is 58.1 Å². The van der Waals surface area contributed by atoms with Gasteiger partial charge in [0, 0.05) is 41.2 Å². The number of ether oxygens (including phenoxy) is 1. The maximum Gasteiger partial charge on any atom is 0.407 e. The molecule has 0 spiro atoms. The number of amides is 1. The van der Waals surface area contributed by atoms with E-state index in [1.54, 1.807) is 0 Å². The second kappa shape index (κ2) is 8.95. The van der Waals surface area contributed by atoms with E-state index >= 15 is 4.39 Å². The number of aromatic nitrogens is 2. The summed E-state index contributed by atoms with van der Waals surface area (Å²) < 4.78 is 22.0. The molecule has 1 aromatic heterocycles. The third-order valence-electron chi connectivity index (χ3n) is 5.71. The summed E-state index contributed by atoms with van der Waals surface area (Å²) in [6, 6.07) is 2.28. The summed E-state index contributed by atoms with van der Waals surface area (Å²) in [4.78, 5) is 25.8. The van der Waals surface area contributed by atoms with Crippen LogP contribution in [0.4, 0.5) is 15.0 Å². The molecule has 0 bridgehead atoms. The molecule has 1 N–H and O–H groups in total. The summed E-state index contributed by atoms with van der Waals surface area (Å²) in [5.41, 5.74) is 0.197. The van der Waals surface area contributed by atoms with Gasteiger partial charge in [0.15, 0.2) is 5.82 Å². The SMILES string of the molecule is CN1CCCC1COc1nc(N2CCN(C(=O)O)CC2)c2cc(I)c(Br)c(F)c2n1. The predicted octanol–water partition coefficient (Wildman–Crippen LogP) is 3.41. The van der Waals surface area contributed by atoms with Crippen molar-refractivity contribution in [3.8, 4) is 6.01 Å². The number of likely N-dealkylation sites (tertiary alicyclic amines) is 1. The molecular weight excluding hydrogens is 572 g/mol. The minimum atomic E-state index is -0.934. The molecule has 2 saturated heterocycles. The van der Waals surface area contributed by atoms with Crippen molar-refractivity contribution in [2.24, 2.45) is 0 Å². The van der Waals surface area contributed by atoms with E-state index in [1.807, 2.05) is 11.0 Å². The Morgan fingerprint density at radius 3 is 2.70 bits per heavy atom. The fourth-order valence-corrected chi connectivity index (χ4v) is 4.76. The molecule has 2 aliphatic heterocycles. The molecule has 1 aromatic carbocycles. The molecular formula is C19H22BrFIN5O3. The molecule has 0 radical (unpaired) electrons. The number of likely N-dealkylation sites (N-methyl/N-ethyl adjacent to an activating group) is 1. The maximum atomic E-state index is 15.0. The Balaban J connectivity index is 1.68. The van der Waals surface area contributed by atoms with Gasteiger partial charge in [-0.1, -0.05) is 0 Å². The topological polar surface area (TPSA) is 82.0 Å². The standard InChI is InChI=1S/C19H22BrFIN5O3/c1-25-4-2-3-11(25)10-30-18-23-16-12(9-13(22)14(20)15(16)21)17(24-18)26-5-7-27(8-6-26)19(28)29/h9,11H,2-8,10H2,1H3,(H,28,29). The summed E-state index contributed by atoms with van der Waals surface area (Å²) in [6.45, 7) is 3.14. The van der Waals surface area contributed by atoms with E-state index in [0.717, 1.165) is 19.4 Å². The first kappa shape index (κ1) is 21.8. The first-order valence-electron chi connectivity index (χ1n) is 9.76. The zero-order valence-corrected chi connectivity index (χ0v) is 20.2. The highest BCUT2D eigenvalue weighted by atomic mass is 127. The van der Waals surface area contributed by atoms with Crippen molar-refractivity contribution in [2.45, 2.75) is 18.9 Å². The van der Waals surface area contributed by atoms with Crippen molar-refractivity contribution in [3.05, 3.63) is 19.9 Å². The Kier molecular flexibility index (Phi) is 6.49. The molecule has 162 valence electrons. The number of anilines is 1. The van der Waals surface area contributed by atoms with Crippen LogP contribution in [0.15, 0.2) is 10.5 Å². The molecule has 1 unspecified atom stereocenters. The number of hydrogen-bond donors (Lipinski definition) is 1. The lowest BCUT2D eigenvalue weighted by Gasteiger charge is -2.34. The molecule has 30 heavy (non-hydrogen) atoms. The molecule has 3 heterocycles. The van der Waals surface area contributed by atoms with Gasteiger partial charge in [-0.15, -0.1) is 0 Å². The minimum Gasteiger partial charge on any atom is -0.465 e. The van der Waals surface area contributed by atoms with Crippen molar-refractivity contribution < 1.29 is 19.0 Å². The fourth-order valence-electron chi connectivity index (χ4n) is 3.91. The second-order valence-corrected chi connectivity index (χ2v) is 9.51. The molecule has 0 aliphatic carbocycles. The molecule has 1 atom stereocenters. The van der Waals surface area contributed by atoms with Crippen LogP contribution in [0.3, 0.4) is 0 Å². The first-order valence-corrected chi connectivity index (χ1v) is 11.6. The van der Waals surface area contributed by atoms with Crippen molar-refractivity contribution in [3.63, 3.8) is 0 Å². The van der Waals surface area contributed by atoms with Crippen molar-refractivity contribution in [2.75, 3.05) is 51.3 Å². The van der Waals surface area contributed by atoms with Gasteiger partial charge in [-0.2, -0.15) is 9.97 Å². The highest BCUT2D eigenvalue weighted by Gasteiger charge is 2.26. The van der Waals surface area contributed by atoms with Crippen LogP contribution in [0.2, 0.25) is 0 Å². The van der Waals surface area contributed by atoms with E-state index < -0.39 is 11.9 Å². The van der Waals surface area contributed by atoms with Gasteiger partial charge in [0.25, 0.3) is 0 Å². The Labute approximate surface area is 195 Å². The molecule has 0 saturated carbocycles. The van der Waals surface area contributed by atoms with Crippen LogP contribution in [-0.4, -0.2) is 83.4 Å². The van der Waals surface area contributed by atoms with E-state index in [-0.39, 0.29) is 11.5 Å². The van der Waals surface area contributed by atoms with Gasteiger partial charge < -0.3 is 24.5 Å². The third kappa shape index (κ3) is 4.28. The van der Waals surface area contributed by atoms with E-state index in [9.17, 15) is 9.90 Å². The lowest BCUT2D eigenvalue weighted by molar-refractivity contribution is 0.142. The minimum absolute atomic E-state index is 0.144. The summed E-state index contributed by atoms with van der Waals surface area (Å²) in [7, 11) is 2.06. The summed E-state index contributed by atoms with van der Waals surface area (Å²) in [6.07, 6.45) is 1.24. The Hall–Kier alpha value is -1.47. The smallest absolute Gasteiger partial charge is 0.407 e. The predicted molar refractivity (Wildman–Crippen MR) is 123 cm³/mol. The summed E-state index contributed by atoms with van der Waals surface area (Å²) in [5, 5.41) is 9.80. The Morgan fingerprint density at radius 1 is 1.33 bits per heavy atom. The van der Waals surface area contributed by atoms with E-state index in [2.05, 4.69) is 60.4 Å². The fraction of sp³-hybridized carbons (Fsp3) is 0.526. The Morgan fingerprint density at radius 2 is 2.07 bits per heavy atom. The average molecular weight is 594 g/mol. The lowest BCUT2D eigenvalue weighted by atomic mass is 10.2. The molecule has 4 rings (SSSR count). The van der Waals surface area contributed by atoms with Crippen LogP contribution < -0.4 is 9.64 Å². The quantitative estimate of drug-likeness (QED) is 0.430. The number of carboxylic acid groups (broad SMARTS) is 1. The van der Waals surface area contributed by atoms with Gasteiger partial charge in [0.05, 0.1) is 4.47 Å². The van der Waals surface area contributed by atoms with Gasteiger partial charge >= 0.3 is 12.1 Å². The van der Waals surface area contributed by atoms with Gasteiger partial charge in [0.1, 0.15) is 17.9 Å². The van der Waals surface area contributed by atoms with E-state index in [4.69, 9.17) is 4.74 Å². The number of benzene rings is 1. The van der Waals surface area contributed by atoms with Crippen molar-refractivity contribution >= 4 is 61.3 Å². The van der Waals surface area contributed by atoms with E-state index in [1.165, 1.54) is 4.90 Å². The normalized spacial score (nSPS) is 20.2. The largest absolute Gasteiger partial charge is 0.465 e. The zero-order chi connectivity index (χ0) is 21.4. The number of nitrogens with zero attached hydrogens (tertiary/aromatic N) is 5. The van der Waals surface area contributed by atoms with Gasteiger partial charge in [-0.3, -0.25) is 0 Å². The molecule has 2 aromatic rings. The second-order valence-electron chi connectivity index (χ2n) is 7.56. The van der Waals surface area contributed by atoms with Crippen LogP contribution >= 0.6 is 38.5 Å². The maximum absolute atomic E-state index is 15.0. The van der Waals surface area contributed by atoms with Gasteiger partial charge in [-0.25, -0.2) is 9.18 Å². The lowest BCUT2D eigenvalue weighted by Crippen LogP contribution is -2.48. The first-order chi connectivity index (χ1) is 14.3. The third-order valence-corrected chi connectivity index (χ3v) is 8.08. The van der Waals surface area contributed by atoms with Crippen LogP contribution in [0.5, 0.6) is 6.01 Å². The van der Waals surface area contributed by atoms with Gasteiger partial charge in [0.2, 0.25) is 0 Å². The highest BCUT2D eigenvalue weighted by molar-refractivity contribution is 14.1. The number of carbonyl (C=O) groups is 1. The van der Waals surface area contributed by atoms with Crippen LogP contribution in [0.1, 0.15) is 12.8 Å². The zero-order valence-electron chi connectivity index (χ0n) is 16.4. The molecule has 11 heteroatoms. The number of hydrogen-bond acceptors (Lipinski definition) is 6. The average Bonchev–Trinajstić information content (AvgIpc) is 3.15. The number of halogens is 3. The molecule has 8 nitrogen and oxygen atoms in total. The number of fused-ring (bicyclic) bond motifs is 1. The molecule has 2 fully saturated rings. The molecule has 2 aliphatic rings.